The number of carbonyl (C=O) groups is 3. The molecule has 9 heteroatoms. The Labute approximate surface area is 155 Å². The number of hydrogen-bond acceptors (Lipinski definition) is 4. The molecule has 2 rings (SSSR count). The number of amides is 4. The van der Waals surface area contributed by atoms with Crippen LogP contribution in [0.1, 0.15) is 33.3 Å². The van der Waals surface area contributed by atoms with Crippen LogP contribution in [0.2, 0.25) is 0 Å². The summed E-state index contributed by atoms with van der Waals surface area (Å²) in [7, 11) is 0. The highest BCUT2D eigenvalue weighted by Crippen LogP contribution is 2.31. The summed E-state index contributed by atoms with van der Waals surface area (Å²) in [6.45, 7) is 5.58. The molecule has 0 unspecified atom stereocenters. The minimum atomic E-state index is -1.85. The summed E-state index contributed by atoms with van der Waals surface area (Å²) in [6.07, 6.45) is 0. The Hall–Kier alpha value is -3.02. The van der Waals surface area contributed by atoms with Crippen LogP contribution < -0.4 is 10.6 Å². The molecular weight excluding hydrogens is 358 g/mol. The van der Waals surface area contributed by atoms with E-state index < -0.39 is 47.1 Å². The van der Waals surface area contributed by atoms with Gasteiger partial charge in [-0.05, 0) is 38.0 Å². The van der Waals surface area contributed by atoms with Crippen LogP contribution in [0.3, 0.4) is 0 Å². The summed E-state index contributed by atoms with van der Waals surface area (Å²) in [5.74, 6) is -3.47. The molecular formula is C18H20F2N4O3. The van der Waals surface area contributed by atoms with Gasteiger partial charge in [-0.15, -0.1) is 0 Å². The van der Waals surface area contributed by atoms with Crippen LogP contribution in [-0.4, -0.2) is 34.8 Å². The molecule has 0 saturated carbocycles. The first-order valence-electron chi connectivity index (χ1n) is 8.26. The normalized spacial score (nSPS) is 21.6. The Morgan fingerprint density at radius 3 is 2.59 bits per heavy atom. The number of halogens is 2. The molecule has 27 heavy (non-hydrogen) atoms. The Balaban J connectivity index is 2.25. The zero-order valence-electron chi connectivity index (χ0n) is 15.4. The molecule has 0 radical (unpaired) electrons. The van der Waals surface area contributed by atoms with Crippen molar-refractivity contribution in [3.05, 3.63) is 35.4 Å². The first kappa shape index (κ1) is 20.3. The second kappa shape index (κ2) is 6.95. The largest absolute Gasteiger partial charge is 0.336 e. The van der Waals surface area contributed by atoms with Gasteiger partial charge in [0, 0.05) is 5.56 Å². The molecule has 1 aliphatic rings. The average Bonchev–Trinajstić information content (AvgIpc) is 2.80. The third kappa shape index (κ3) is 3.60. The highest BCUT2D eigenvalue weighted by molar-refractivity contribution is 6.09. The molecule has 2 N–H and O–H groups in total. The van der Waals surface area contributed by atoms with Crippen molar-refractivity contribution in [2.75, 3.05) is 6.54 Å². The topological polar surface area (TPSA) is 102 Å². The van der Waals surface area contributed by atoms with E-state index in [-0.39, 0.29) is 11.5 Å². The van der Waals surface area contributed by atoms with Crippen molar-refractivity contribution < 1.29 is 23.2 Å². The van der Waals surface area contributed by atoms with Gasteiger partial charge in [0.25, 0.3) is 5.91 Å². The minimum Gasteiger partial charge on any atom is -0.336 e. The van der Waals surface area contributed by atoms with E-state index in [1.165, 1.54) is 13.8 Å². The number of carbonyl (C=O) groups excluding carboxylic acids is 3. The third-order valence-electron chi connectivity index (χ3n) is 4.83. The molecule has 0 bridgehead atoms. The molecule has 1 aliphatic heterocycles. The standard InChI is InChI=1S/C18H20F2N4O3/c1-10(2)17(3,9-21)22-14(25)8-24-15(26)18(4,23-16(24)27)12-7-11(19)5-6-13(12)20/h5-7,10H,8H2,1-4H3,(H,22,25)(H,23,27)/t17-,18+/m1/s1. The molecule has 0 spiro atoms. The number of nitriles is 1. The number of nitrogens with zero attached hydrogens (tertiary/aromatic N) is 2. The number of hydrogen-bond donors (Lipinski definition) is 2. The van der Waals surface area contributed by atoms with Crippen molar-refractivity contribution in [2.45, 2.75) is 38.8 Å². The maximum atomic E-state index is 14.1. The SMILES string of the molecule is CC(C)[C@@](C)(C#N)NC(=O)CN1C(=O)N[C@@](C)(c2cc(F)ccc2F)C1=O. The molecule has 1 aromatic rings. The average molecular weight is 378 g/mol. The zero-order valence-corrected chi connectivity index (χ0v) is 15.4. The summed E-state index contributed by atoms with van der Waals surface area (Å²) in [5, 5.41) is 14.1. The summed E-state index contributed by atoms with van der Waals surface area (Å²) >= 11 is 0. The Kier molecular flexibility index (Phi) is 5.22. The second-order valence-electron chi connectivity index (χ2n) is 7.09. The van der Waals surface area contributed by atoms with Gasteiger partial charge in [0.05, 0.1) is 6.07 Å². The van der Waals surface area contributed by atoms with Gasteiger partial charge >= 0.3 is 6.03 Å². The van der Waals surface area contributed by atoms with Crippen molar-refractivity contribution in [1.82, 2.24) is 15.5 Å². The van der Waals surface area contributed by atoms with Gasteiger partial charge in [-0.3, -0.25) is 14.5 Å². The first-order valence-corrected chi connectivity index (χ1v) is 8.26. The fourth-order valence-electron chi connectivity index (χ4n) is 2.68. The van der Waals surface area contributed by atoms with Gasteiger partial charge in [0.1, 0.15) is 29.3 Å². The molecule has 4 amide bonds. The molecule has 1 heterocycles. The van der Waals surface area contributed by atoms with Gasteiger partial charge < -0.3 is 10.6 Å². The van der Waals surface area contributed by atoms with Crippen molar-refractivity contribution in [3.8, 4) is 6.07 Å². The summed E-state index contributed by atoms with van der Waals surface area (Å²) < 4.78 is 27.6. The van der Waals surface area contributed by atoms with E-state index in [0.717, 1.165) is 18.2 Å². The third-order valence-corrected chi connectivity index (χ3v) is 4.83. The number of imide groups is 1. The Morgan fingerprint density at radius 2 is 2.04 bits per heavy atom. The zero-order chi connectivity index (χ0) is 20.6. The molecule has 1 saturated heterocycles. The van der Waals surface area contributed by atoms with Gasteiger partial charge in [-0.25, -0.2) is 13.6 Å². The Morgan fingerprint density at radius 1 is 1.41 bits per heavy atom. The lowest BCUT2D eigenvalue weighted by molar-refractivity contribution is -0.135. The van der Waals surface area contributed by atoms with Crippen LogP contribution in [0.5, 0.6) is 0 Å². The van der Waals surface area contributed by atoms with Crippen LogP contribution in [0.15, 0.2) is 18.2 Å². The van der Waals surface area contributed by atoms with Gasteiger partial charge in [0.15, 0.2) is 0 Å². The van der Waals surface area contributed by atoms with Crippen LogP contribution in [0.25, 0.3) is 0 Å². The smallest absolute Gasteiger partial charge is 0.325 e. The lowest BCUT2D eigenvalue weighted by Crippen LogP contribution is -2.52. The second-order valence-corrected chi connectivity index (χ2v) is 7.09. The lowest BCUT2D eigenvalue weighted by Gasteiger charge is -2.28. The van der Waals surface area contributed by atoms with Gasteiger partial charge in [-0.1, -0.05) is 13.8 Å². The fraction of sp³-hybridized carbons (Fsp3) is 0.444. The quantitative estimate of drug-likeness (QED) is 0.763. The molecule has 0 aliphatic carbocycles. The molecule has 144 valence electrons. The highest BCUT2D eigenvalue weighted by atomic mass is 19.1. The fourth-order valence-corrected chi connectivity index (χ4v) is 2.68. The number of rotatable bonds is 5. The van der Waals surface area contributed by atoms with E-state index in [4.69, 9.17) is 0 Å². The van der Waals surface area contributed by atoms with Crippen molar-refractivity contribution in [3.63, 3.8) is 0 Å². The van der Waals surface area contributed by atoms with Crippen LogP contribution in [-0.2, 0) is 15.1 Å². The number of benzene rings is 1. The summed E-state index contributed by atoms with van der Waals surface area (Å²) in [6, 6.07) is 3.64. The van der Waals surface area contributed by atoms with E-state index in [1.54, 1.807) is 13.8 Å². The van der Waals surface area contributed by atoms with Crippen LogP contribution >= 0.6 is 0 Å². The predicted octanol–water partition coefficient (Wildman–Crippen LogP) is 1.79. The van der Waals surface area contributed by atoms with Crippen LogP contribution in [0, 0.1) is 28.9 Å². The predicted molar refractivity (Wildman–Crippen MR) is 91.0 cm³/mol. The van der Waals surface area contributed by atoms with Crippen LogP contribution in [0.4, 0.5) is 13.6 Å². The number of nitrogens with one attached hydrogen (secondary N) is 2. The summed E-state index contributed by atoms with van der Waals surface area (Å²) in [4.78, 5) is 37.8. The van der Waals surface area contributed by atoms with E-state index >= 15 is 0 Å². The highest BCUT2D eigenvalue weighted by Gasteiger charge is 2.51. The van der Waals surface area contributed by atoms with E-state index in [1.807, 2.05) is 6.07 Å². The van der Waals surface area contributed by atoms with Gasteiger partial charge in [0.2, 0.25) is 5.91 Å². The lowest BCUT2D eigenvalue weighted by atomic mass is 9.90. The maximum absolute atomic E-state index is 14.1. The van der Waals surface area contributed by atoms with Crippen molar-refractivity contribution in [1.29, 1.82) is 5.26 Å². The van der Waals surface area contributed by atoms with E-state index in [9.17, 15) is 28.4 Å². The Bertz CT molecular complexity index is 851. The molecule has 7 nitrogen and oxygen atoms in total. The van der Waals surface area contributed by atoms with Gasteiger partial charge in [-0.2, -0.15) is 5.26 Å². The van der Waals surface area contributed by atoms with E-state index in [0.29, 0.717) is 4.90 Å². The number of urea groups is 1. The summed E-state index contributed by atoms with van der Waals surface area (Å²) in [5.41, 5.74) is -3.37. The molecule has 1 aromatic carbocycles. The minimum absolute atomic E-state index is 0.221. The maximum Gasteiger partial charge on any atom is 0.325 e. The van der Waals surface area contributed by atoms with E-state index in [2.05, 4.69) is 10.6 Å². The van der Waals surface area contributed by atoms with Crippen molar-refractivity contribution >= 4 is 17.8 Å². The molecule has 0 aromatic heterocycles. The molecule has 2 atom stereocenters. The first-order chi connectivity index (χ1) is 12.4. The molecule has 1 fully saturated rings. The van der Waals surface area contributed by atoms with Crippen molar-refractivity contribution in [2.24, 2.45) is 5.92 Å². The monoisotopic (exact) mass is 378 g/mol.